The van der Waals surface area contributed by atoms with E-state index in [1.807, 2.05) is 0 Å². The molecule has 0 rings (SSSR count). The second kappa shape index (κ2) is 60.4. The number of carbonyl (C=O) groups is 3. The lowest BCUT2D eigenvalue weighted by Gasteiger charge is -2.18. The highest BCUT2D eigenvalue weighted by Crippen LogP contribution is 2.15. The number of hydrogen-bond acceptors (Lipinski definition) is 6. The highest BCUT2D eigenvalue weighted by atomic mass is 16.6. The molecule has 0 heterocycles. The zero-order valence-corrected chi connectivity index (χ0v) is 47.4. The van der Waals surface area contributed by atoms with Crippen LogP contribution in [0.3, 0.4) is 0 Å². The van der Waals surface area contributed by atoms with Crippen molar-refractivity contribution < 1.29 is 28.6 Å². The molecule has 0 saturated heterocycles. The molecule has 0 aliphatic rings. The maximum Gasteiger partial charge on any atom is 0.306 e. The van der Waals surface area contributed by atoms with Crippen LogP contribution in [0.4, 0.5) is 0 Å². The van der Waals surface area contributed by atoms with Crippen molar-refractivity contribution in [2.24, 2.45) is 0 Å². The van der Waals surface area contributed by atoms with Gasteiger partial charge in [-0.1, -0.05) is 258 Å². The Morgan fingerprint density at radius 1 is 0.288 bits per heavy atom. The fraction of sp³-hybridized carbons (Fsp3) is 0.657. The maximum absolute atomic E-state index is 12.9. The van der Waals surface area contributed by atoms with Crippen molar-refractivity contribution in [1.82, 2.24) is 0 Å². The molecule has 414 valence electrons. The molecular weight excluding hydrogens is 901 g/mol. The van der Waals surface area contributed by atoms with E-state index in [2.05, 4.69) is 142 Å². The molecule has 73 heavy (non-hydrogen) atoms. The zero-order chi connectivity index (χ0) is 52.9. The fourth-order valence-electron chi connectivity index (χ4n) is 8.03. The van der Waals surface area contributed by atoms with E-state index in [1.165, 1.54) is 77.0 Å². The summed E-state index contributed by atoms with van der Waals surface area (Å²) in [4.78, 5) is 38.2. The summed E-state index contributed by atoms with van der Waals surface area (Å²) in [5, 5.41) is 0. The molecule has 0 fully saturated rings. The van der Waals surface area contributed by atoms with E-state index in [1.54, 1.807) is 0 Å². The molecule has 0 aromatic heterocycles. The topological polar surface area (TPSA) is 78.9 Å². The van der Waals surface area contributed by atoms with Gasteiger partial charge in [-0.2, -0.15) is 0 Å². The van der Waals surface area contributed by atoms with Crippen LogP contribution >= 0.6 is 0 Å². The lowest BCUT2D eigenvalue weighted by molar-refractivity contribution is -0.167. The molecule has 1 unspecified atom stereocenters. The first-order valence-corrected chi connectivity index (χ1v) is 30.0. The first-order chi connectivity index (χ1) is 36.0. The van der Waals surface area contributed by atoms with Gasteiger partial charge in [-0.05, 0) is 109 Å². The van der Waals surface area contributed by atoms with E-state index in [4.69, 9.17) is 14.2 Å². The zero-order valence-electron chi connectivity index (χ0n) is 47.4. The summed E-state index contributed by atoms with van der Waals surface area (Å²) in [6.45, 7) is 6.39. The Balaban J connectivity index is 4.45. The molecule has 0 saturated carbocycles. The number of hydrogen-bond donors (Lipinski definition) is 0. The highest BCUT2D eigenvalue weighted by molar-refractivity contribution is 5.71. The Hall–Kier alpha value is -4.19. The summed E-state index contributed by atoms with van der Waals surface area (Å²) in [5.41, 5.74) is 0. The van der Waals surface area contributed by atoms with E-state index in [0.29, 0.717) is 19.3 Å². The molecule has 6 heteroatoms. The molecule has 0 amide bonds. The van der Waals surface area contributed by atoms with Crippen LogP contribution < -0.4 is 0 Å². The van der Waals surface area contributed by atoms with Gasteiger partial charge in [-0.15, -0.1) is 0 Å². The van der Waals surface area contributed by atoms with Gasteiger partial charge >= 0.3 is 17.9 Å². The standard InChI is InChI=1S/C67H110O6/c1-4-7-10-13-16-19-22-25-27-29-31-32-33-34-36-37-39-42-45-48-51-54-57-60-66(69)72-63-64(62-71-65(68)59-56-53-50-47-44-41-24-21-18-15-12-9-6-3)73-67(70)61-58-55-52-49-46-43-40-38-35-30-28-26-23-20-17-14-11-8-5-2/h7-8,10-11,16-17,19-20,25-28,31-32,34-36,38-39,42,64H,4-6,9,12-15,18,21-24,29-30,33,37,40-41,43-63H2,1-3H3/b10-7-,11-8-,19-16-,20-17-,27-25-,28-26-,32-31-,36-34-,38-35-,42-39-. The van der Waals surface area contributed by atoms with Gasteiger partial charge in [0.05, 0.1) is 0 Å². The van der Waals surface area contributed by atoms with Crippen molar-refractivity contribution in [3.8, 4) is 0 Å². The van der Waals surface area contributed by atoms with Crippen LogP contribution in [0.15, 0.2) is 122 Å². The van der Waals surface area contributed by atoms with Crippen LogP contribution in [-0.2, 0) is 28.6 Å². The summed E-state index contributed by atoms with van der Waals surface area (Å²) in [7, 11) is 0. The lowest BCUT2D eigenvalue weighted by atomic mass is 10.0. The third-order valence-corrected chi connectivity index (χ3v) is 12.5. The normalized spacial score (nSPS) is 13.0. The average molecular weight is 1010 g/mol. The van der Waals surface area contributed by atoms with Gasteiger partial charge in [0, 0.05) is 19.3 Å². The SMILES string of the molecule is CC/C=C\C/C=C\C/C=C\C/C=C\C/C=C\C/C=C\CCCCCCC(=O)OCC(COC(=O)CCCCCCCCCCCCCCC)OC(=O)CCCCCCCC/C=C\C/C=C\C/C=C\C/C=C\CC. The van der Waals surface area contributed by atoms with Gasteiger partial charge in [0.2, 0.25) is 0 Å². The van der Waals surface area contributed by atoms with Gasteiger partial charge in [0.15, 0.2) is 6.10 Å². The molecule has 1 atom stereocenters. The molecule has 0 spiro atoms. The summed E-state index contributed by atoms with van der Waals surface area (Å²) < 4.78 is 16.9. The average Bonchev–Trinajstić information content (AvgIpc) is 3.39. The molecule has 0 bridgehead atoms. The van der Waals surface area contributed by atoms with Crippen LogP contribution in [0.25, 0.3) is 0 Å². The van der Waals surface area contributed by atoms with Gasteiger partial charge < -0.3 is 14.2 Å². The number of rotatable bonds is 53. The monoisotopic (exact) mass is 1010 g/mol. The molecule has 0 radical (unpaired) electrons. The van der Waals surface area contributed by atoms with E-state index in [-0.39, 0.29) is 31.1 Å². The van der Waals surface area contributed by atoms with Crippen LogP contribution in [0.5, 0.6) is 0 Å². The minimum absolute atomic E-state index is 0.0931. The van der Waals surface area contributed by atoms with Gasteiger partial charge in [0.25, 0.3) is 0 Å². The maximum atomic E-state index is 12.9. The Labute approximate surface area is 450 Å². The Morgan fingerprint density at radius 2 is 0.534 bits per heavy atom. The third kappa shape index (κ3) is 58.6. The largest absolute Gasteiger partial charge is 0.462 e. The Bertz CT molecular complexity index is 1540. The predicted molar refractivity (Wildman–Crippen MR) is 316 cm³/mol. The smallest absolute Gasteiger partial charge is 0.306 e. The molecule has 0 aromatic rings. The number of esters is 3. The van der Waals surface area contributed by atoms with Crippen LogP contribution in [0.1, 0.15) is 265 Å². The van der Waals surface area contributed by atoms with Gasteiger partial charge in [-0.3, -0.25) is 14.4 Å². The molecule has 6 nitrogen and oxygen atoms in total. The van der Waals surface area contributed by atoms with Crippen LogP contribution in [-0.4, -0.2) is 37.2 Å². The Kier molecular flexibility index (Phi) is 56.9. The fourth-order valence-corrected chi connectivity index (χ4v) is 8.03. The summed E-state index contributed by atoms with van der Waals surface area (Å²) in [6.07, 6.45) is 83.3. The van der Waals surface area contributed by atoms with Crippen LogP contribution in [0, 0.1) is 0 Å². The quantitative estimate of drug-likeness (QED) is 0.0261. The molecule has 0 N–H and O–H groups in total. The van der Waals surface area contributed by atoms with E-state index >= 15 is 0 Å². The second-order valence-corrected chi connectivity index (χ2v) is 19.5. The summed E-state index contributed by atoms with van der Waals surface area (Å²) in [6, 6.07) is 0. The first kappa shape index (κ1) is 68.8. The minimum atomic E-state index is -0.799. The second-order valence-electron chi connectivity index (χ2n) is 19.5. The van der Waals surface area contributed by atoms with E-state index < -0.39 is 6.10 Å². The highest BCUT2D eigenvalue weighted by Gasteiger charge is 2.19. The predicted octanol–water partition coefficient (Wildman–Crippen LogP) is 20.4. The molecule has 0 aliphatic heterocycles. The molecule has 0 aromatic carbocycles. The molecule has 0 aliphatic carbocycles. The Morgan fingerprint density at radius 3 is 0.836 bits per heavy atom. The van der Waals surface area contributed by atoms with Crippen molar-refractivity contribution in [3.05, 3.63) is 122 Å². The lowest BCUT2D eigenvalue weighted by Crippen LogP contribution is -2.30. The minimum Gasteiger partial charge on any atom is -0.462 e. The van der Waals surface area contributed by atoms with Crippen molar-refractivity contribution in [2.45, 2.75) is 271 Å². The number of unbranched alkanes of at least 4 members (excludes halogenated alkanes) is 22. The van der Waals surface area contributed by atoms with Crippen LogP contribution in [0.2, 0.25) is 0 Å². The van der Waals surface area contributed by atoms with Crippen molar-refractivity contribution in [3.63, 3.8) is 0 Å². The number of allylic oxidation sites excluding steroid dienone is 20. The number of ether oxygens (including phenoxy) is 3. The van der Waals surface area contributed by atoms with Crippen molar-refractivity contribution in [2.75, 3.05) is 13.2 Å². The summed E-state index contributed by atoms with van der Waals surface area (Å²) >= 11 is 0. The van der Waals surface area contributed by atoms with E-state index in [0.717, 1.165) is 148 Å². The van der Waals surface area contributed by atoms with Gasteiger partial charge in [-0.25, -0.2) is 0 Å². The third-order valence-electron chi connectivity index (χ3n) is 12.5. The molecular formula is C67H110O6. The van der Waals surface area contributed by atoms with Gasteiger partial charge in [0.1, 0.15) is 13.2 Å². The van der Waals surface area contributed by atoms with Crippen molar-refractivity contribution >= 4 is 17.9 Å². The van der Waals surface area contributed by atoms with Crippen molar-refractivity contribution in [1.29, 1.82) is 0 Å². The summed E-state index contributed by atoms with van der Waals surface area (Å²) in [5.74, 6) is -0.931. The van der Waals surface area contributed by atoms with E-state index in [9.17, 15) is 14.4 Å². The number of carbonyl (C=O) groups excluding carboxylic acids is 3. The first-order valence-electron chi connectivity index (χ1n) is 30.0.